The number of halogens is 1. The molecule has 1 rings (SSSR count). The van der Waals surface area contributed by atoms with Crippen LogP contribution in [-0.2, 0) is 4.74 Å². The van der Waals surface area contributed by atoms with Crippen LogP contribution in [0.5, 0.6) is 5.88 Å². The second-order valence-corrected chi connectivity index (χ2v) is 8.61. The number of pyridine rings is 1. The van der Waals surface area contributed by atoms with Crippen molar-refractivity contribution in [3.8, 4) is 11.9 Å². The minimum Gasteiger partial charge on any atom is -0.474 e. The van der Waals surface area contributed by atoms with Gasteiger partial charge in [-0.15, -0.1) is 0 Å². The highest BCUT2D eigenvalue weighted by Crippen LogP contribution is 2.23. The molecular weight excluding hydrogens is 386 g/mol. The molecule has 0 aromatic carbocycles. The maximum atomic E-state index is 12.2. The first-order chi connectivity index (χ1) is 11.4. The molecule has 1 atom stereocenters. The second kappa shape index (κ2) is 8.52. The van der Waals surface area contributed by atoms with Crippen LogP contribution in [0.1, 0.15) is 53.5 Å². The Hall–Kier alpha value is -1.81. The lowest BCUT2D eigenvalue weighted by Crippen LogP contribution is -2.52. The monoisotopic (exact) mass is 411 g/mol. The molecule has 0 saturated heterocycles. The second-order valence-electron chi connectivity index (χ2n) is 7.69. The van der Waals surface area contributed by atoms with E-state index in [4.69, 9.17) is 9.47 Å². The van der Waals surface area contributed by atoms with Gasteiger partial charge >= 0.3 is 6.09 Å². The zero-order valence-electron chi connectivity index (χ0n) is 15.6. The number of carbonyl (C=O) groups is 1. The number of aromatic nitrogens is 1. The lowest BCUT2D eigenvalue weighted by atomic mass is 9.91. The minimum absolute atomic E-state index is 0.174. The van der Waals surface area contributed by atoms with Crippen molar-refractivity contribution in [2.24, 2.45) is 5.92 Å². The Labute approximate surface area is 158 Å². The fourth-order valence-electron chi connectivity index (χ4n) is 2.45. The summed E-state index contributed by atoms with van der Waals surface area (Å²) >= 11 is 3.28. The van der Waals surface area contributed by atoms with Gasteiger partial charge in [0.1, 0.15) is 23.8 Å². The Balaban J connectivity index is 2.89. The van der Waals surface area contributed by atoms with Crippen LogP contribution in [0.4, 0.5) is 4.79 Å². The number of hydrogen-bond acceptors (Lipinski definition) is 5. The maximum Gasteiger partial charge on any atom is 0.408 e. The van der Waals surface area contributed by atoms with Gasteiger partial charge in [-0.1, -0.05) is 13.8 Å². The molecule has 1 amide bonds. The maximum absolute atomic E-state index is 12.2. The molecule has 1 N–H and O–H groups in total. The van der Waals surface area contributed by atoms with Crippen molar-refractivity contribution in [2.45, 2.75) is 59.1 Å². The zero-order valence-corrected chi connectivity index (χ0v) is 17.2. The molecule has 0 fully saturated rings. The van der Waals surface area contributed by atoms with Crippen molar-refractivity contribution < 1.29 is 14.3 Å². The van der Waals surface area contributed by atoms with E-state index in [9.17, 15) is 10.1 Å². The molecule has 25 heavy (non-hydrogen) atoms. The van der Waals surface area contributed by atoms with Crippen molar-refractivity contribution in [2.75, 3.05) is 6.61 Å². The van der Waals surface area contributed by atoms with Gasteiger partial charge in [-0.05, 0) is 62.0 Å². The summed E-state index contributed by atoms with van der Waals surface area (Å²) in [5.74, 6) is 0.573. The largest absolute Gasteiger partial charge is 0.474 e. The molecule has 1 unspecified atom stereocenters. The standard InChI is InChI=1S/C18H26BrN3O3/c1-12(2)8-18(6,22-16(23)25-17(3,4)5)11-24-15-13(9-20)7-14(19)10-21-15/h7,10,12H,8,11H2,1-6H3,(H,22,23). The molecule has 1 aromatic heterocycles. The molecule has 0 radical (unpaired) electrons. The van der Waals surface area contributed by atoms with Gasteiger partial charge in [0, 0.05) is 10.7 Å². The summed E-state index contributed by atoms with van der Waals surface area (Å²) in [6.45, 7) is 11.6. The van der Waals surface area contributed by atoms with Crippen molar-refractivity contribution in [3.05, 3.63) is 22.3 Å². The van der Waals surface area contributed by atoms with Gasteiger partial charge < -0.3 is 14.8 Å². The van der Waals surface area contributed by atoms with E-state index in [-0.39, 0.29) is 12.5 Å². The van der Waals surface area contributed by atoms with E-state index in [1.807, 2.05) is 27.7 Å². The summed E-state index contributed by atoms with van der Waals surface area (Å²) in [5.41, 5.74) is -0.901. The number of nitriles is 1. The average Bonchev–Trinajstić information content (AvgIpc) is 2.42. The molecule has 7 heteroatoms. The Morgan fingerprint density at radius 3 is 2.56 bits per heavy atom. The first-order valence-corrected chi connectivity index (χ1v) is 8.93. The van der Waals surface area contributed by atoms with Crippen LogP contribution in [-0.4, -0.2) is 28.8 Å². The van der Waals surface area contributed by atoms with Gasteiger partial charge in [-0.2, -0.15) is 5.26 Å². The van der Waals surface area contributed by atoms with Crippen LogP contribution in [0.3, 0.4) is 0 Å². The van der Waals surface area contributed by atoms with Crippen LogP contribution in [0.15, 0.2) is 16.7 Å². The van der Waals surface area contributed by atoms with E-state index in [1.165, 1.54) is 0 Å². The molecular formula is C18H26BrN3O3. The van der Waals surface area contributed by atoms with Crippen LogP contribution >= 0.6 is 15.9 Å². The van der Waals surface area contributed by atoms with Crippen molar-refractivity contribution in [1.82, 2.24) is 10.3 Å². The molecule has 0 saturated carbocycles. The number of carbonyl (C=O) groups excluding carboxylic acids is 1. The number of rotatable bonds is 6. The number of nitrogens with zero attached hydrogens (tertiary/aromatic N) is 2. The third kappa shape index (κ3) is 7.74. The third-order valence-electron chi connectivity index (χ3n) is 3.13. The molecule has 0 aliphatic carbocycles. The predicted molar refractivity (Wildman–Crippen MR) is 99.4 cm³/mol. The highest BCUT2D eigenvalue weighted by atomic mass is 79.9. The first kappa shape index (κ1) is 21.2. The molecule has 0 bridgehead atoms. The molecule has 1 aromatic rings. The van der Waals surface area contributed by atoms with E-state index in [0.29, 0.717) is 22.4 Å². The smallest absolute Gasteiger partial charge is 0.408 e. The van der Waals surface area contributed by atoms with E-state index in [2.05, 4.69) is 46.1 Å². The van der Waals surface area contributed by atoms with Crippen LogP contribution in [0, 0.1) is 17.2 Å². The topological polar surface area (TPSA) is 84.2 Å². The molecule has 0 aliphatic heterocycles. The fourth-order valence-corrected chi connectivity index (χ4v) is 2.78. The van der Waals surface area contributed by atoms with Gasteiger partial charge in [0.2, 0.25) is 5.88 Å². The zero-order chi connectivity index (χ0) is 19.3. The van der Waals surface area contributed by atoms with E-state index in [1.54, 1.807) is 12.3 Å². The van der Waals surface area contributed by atoms with E-state index >= 15 is 0 Å². The molecule has 138 valence electrons. The van der Waals surface area contributed by atoms with Crippen LogP contribution in [0.2, 0.25) is 0 Å². The normalized spacial score (nSPS) is 13.7. The average molecular weight is 412 g/mol. The Morgan fingerprint density at radius 2 is 2.04 bits per heavy atom. The number of hydrogen-bond donors (Lipinski definition) is 1. The summed E-state index contributed by atoms with van der Waals surface area (Å²) in [6, 6.07) is 3.70. The quantitative estimate of drug-likeness (QED) is 0.748. The highest BCUT2D eigenvalue weighted by molar-refractivity contribution is 9.10. The molecule has 1 heterocycles. The number of amides is 1. The van der Waals surface area contributed by atoms with Gasteiger partial charge in [0.15, 0.2) is 0 Å². The molecule has 0 spiro atoms. The molecule has 6 nitrogen and oxygen atoms in total. The highest BCUT2D eigenvalue weighted by Gasteiger charge is 2.31. The third-order valence-corrected chi connectivity index (χ3v) is 3.56. The van der Waals surface area contributed by atoms with Crippen molar-refractivity contribution in [1.29, 1.82) is 5.26 Å². The van der Waals surface area contributed by atoms with E-state index < -0.39 is 17.2 Å². The SMILES string of the molecule is CC(C)CC(C)(COc1ncc(Br)cc1C#N)NC(=O)OC(C)(C)C. The number of ether oxygens (including phenoxy) is 2. The lowest BCUT2D eigenvalue weighted by molar-refractivity contribution is 0.0405. The Kier molecular flexibility index (Phi) is 7.24. The lowest BCUT2D eigenvalue weighted by Gasteiger charge is -2.33. The fraction of sp³-hybridized carbons (Fsp3) is 0.611. The minimum atomic E-state index is -0.655. The summed E-state index contributed by atoms with van der Waals surface area (Å²) < 4.78 is 11.8. The van der Waals surface area contributed by atoms with Crippen LogP contribution in [0.25, 0.3) is 0 Å². The van der Waals surface area contributed by atoms with Crippen molar-refractivity contribution in [3.63, 3.8) is 0 Å². The number of nitrogens with one attached hydrogen (secondary N) is 1. The van der Waals surface area contributed by atoms with E-state index in [0.717, 1.165) is 0 Å². The summed E-state index contributed by atoms with van der Waals surface area (Å²) in [7, 11) is 0. The predicted octanol–water partition coefficient (Wildman–Crippen LogP) is 4.42. The summed E-state index contributed by atoms with van der Waals surface area (Å²) in [4.78, 5) is 16.3. The van der Waals surface area contributed by atoms with Gasteiger partial charge in [-0.25, -0.2) is 9.78 Å². The van der Waals surface area contributed by atoms with Crippen LogP contribution < -0.4 is 10.1 Å². The Bertz CT molecular complexity index is 650. The van der Waals surface area contributed by atoms with Crippen molar-refractivity contribution >= 4 is 22.0 Å². The summed E-state index contributed by atoms with van der Waals surface area (Å²) in [6.07, 6.45) is 1.76. The molecule has 0 aliphatic rings. The Morgan fingerprint density at radius 1 is 1.40 bits per heavy atom. The first-order valence-electron chi connectivity index (χ1n) is 8.14. The number of alkyl carbamates (subject to hydrolysis) is 1. The summed E-state index contributed by atoms with van der Waals surface area (Å²) in [5, 5.41) is 12.1. The van der Waals surface area contributed by atoms with Gasteiger partial charge in [0.25, 0.3) is 0 Å². The van der Waals surface area contributed by atoms with Gasteiger partial charge in [0.05, 0.1) is 5.54 Å². The van der Waals surface area contributed by atoms with Gasteiger partial charge in [-0.3, -0.25) is 0 Å².